The van der Waals surface area contributed by atoms with Gasteiger partial charge in [0.25, 0.3) is 0 Å². The normalized spacial score (nSPS) is 14.0. The topological polar surface area (TPSA) is 78.4 Å². The molecule has 1 atom stereocenters. The zero-order valence-corrected chi connectivity index (χ0v) is 22.3. The molecule has 0 N–H and O–H groups in total. The number of aryl methyl sites for hydroxylation is 1. The fraction of sp³-hybridized carbons (Fsp3) is 0.355. The lowest BCUT2D eigenvalue weighted by Gasteiger charge is -2.30. The number of rotatable bonds is 6. The van der Waals surface area contributed by atoms with Crippen LogP contribution in [0.4, 0.5) is 0 Å². The van der Waals surface area contributed by atoms with E-state index >= 15 is 0 Å². The Labute approximate surface area is 217 Å². The van der Waals surface area contributed by atoms with Gasteiger partial charge < -0.3 is 9.47 Å². The zero-order valence-electron chi connectivity index (χ0n) is 22.3. The van der Waals surface area contributed by atoms with Gasteiger partial charge in [0.05, 0.1) is 23.2 Å². The first kappa shape index (κ1) is 25.0. The van der Waals surface area contributed by atoms with Gasteiger partial charge in [-0.05, 0) is 93.3 Å². The van der Waals surface area contributed by atoms with Crippen LogP contribution in [0.15, 0.2) is 42.6 Å². The Morgan fingerprint density at radius 1 is 1.14 bits per heavy atom. The van der Waals surface area contributed by atoms with Gasteiger partial charge in [-0.1, -0.05) is 6.92 Å². The Bertz CT molecular complexity index is 1560. The lowest BCUT2D eigenvalue weighted by Crippen LogP contribution is -2.27. The predicted octanol–water partition coefficient (Wildman–Crippen LogP) is 6.73. The van der Waals surface area contributed by atoms with Gasteiger partial charge in [0.2, 0.25) is 0 Å². The summed E-state index contributed by atoms with van der Waals surface area (Å²) in [7, 11) is 0. The van der Waals surface area contributed by atoms with Crippen LogP contribution in [0.1, 0.15) is 74.3 Å². The number of benzene rings is 2. The van der Waals surface area contributed by atoms with Crippen LogP contribution >= 0.6 is 0 Å². The van der Waals surface area contributed by atoms with Crippen molar-refractivity contribution in [3.05, 3.63) is 65.0 Å². The van der Waals surface area contributed by atoms with Crippen LogP contribution < -0.4 is 4.74 Å². The maximum Gasteiger partial charge on any atom is 0.180 e. The smallest absolute Gasteiger partial charge is 0.180 e. The van der Waals surface area contributed by atoms with Crippen molar-refractivity contribution in [3.8, 4) is 16.9 Å². The van der Waals surface area contributed by atoms with Gasteiger partial charge >= 0.3 is 0 Å². The molecule has 190 valence electrons. The molecule has 0 bridgehead atoms. The summed E-state index contributed by atoms with van der Waals surface area (Å²) in [4.78, 5) is 35.1. The molecule has 3 heterocycles. The van der Waals surface area contributed by atoms with Crippen molar-refractivity contribution in [2.75, 3.05) is 6.61 Å². The molecule has 0 amide bonds. The first-order valence-electron chi connectivity index (χ1n) is 12.8. The number of Topliss-reactive ketones (excluding diaryl/α,β-unsaturated/α-hetero) is 2. The molecule has 1 aliphatic heterocycles. The molecule has 0 unspecified atom stereocenters. The number of ether oxygens (including phenoxy) is 2. The van der Waals surface area contributed by atoms with Crippen LogP contribution in [0.5, 0.6) is 5.75 Å². The van der Waals surface area contributed by atoms with Crippen molar-refractivity contribution < 1.29 is 19.1 Å². The van der Waals surface area contributed by atoms with Crippen LogP contribution in [0.2, 0.25) is 0 Å². The van der Waals surface area contributed by atoms with E-state index in [0.717, 1.165) is 50.7 Å². The lowest BCUT2D eigenvalue weighted by atomic mass is 9.85. The molecule has 0 spiro atoms. The van der Waals surface area contributed by atoms with E-state index in [2.05, 4.69) is 0 Å². The maximum atomic E-state index is 13.1. The highest BCUT2D eigenvalue weighted by atomic mass is 16.5. The molecule has 2 aromatic heterocycles. The highest BCUT2D eigenvalue weighted by Crippen LogP contribution is 2.45. The average molecular weight is 497 g/mol. The summed E-state index contributed by atoms with van der Waals surface area (Å²) in [6.07, 6.45) is 2.24. The SMILES string of the molecule is CCC(=O)c1ccc2c(-c3ccc4c5c(ccnc35)CCO4)c([C@H](OC(C)(C)C)C(C)=O)c(C)cc2n1. The van der Waals surface area contributed by atoms with E-state index in [1.165, 1.54) is 5.56 Å². The van der Waals surface area contributed by atoms with Crippen LogP contribution in [-0.2, 0) is 16.0 Å². The minimum absolute atomic E-state index is 0.0109. The van der Waals surface area contributed by atoms with Gasteiger partial charge in [0.1, 0.15) is 17.5 Å². The van der Waals surface area contributed by atoms with Crippen molar-refractivity contribution in [2.24, 2.45) is 0 Å². The van der Waals surface area contributed by atoms with Gasteiger partial charge in [0.15, 0.2) is 11.6 Å². The van der Waals surface area contributed by atoms with E-state index < -0.39 is 11.7 Å². The third-order valence-electron chi connectivity index (χ3n) is 6.79. The summed E-state index contributed by atoms with van der Waals surface area (Å²) in [5.41, 5.74) is 6.00. The summed E-state index contributed by atoms with van der Waals surface area (Å²) in [5.74, 6) is 0.723. The molecule has 0 radical (unpaired) electrons. The lowest BCUT2D eigenvalue weighted by molar-refractivity contribution is -0.138. The fourth-order valence-corrected chi connectivity index (χ4v) is 5.19. The quantitative estimate of drug-likeness (QED) is 0.275. The molecule has 5 rings (SSSR count). The first-order valence-corrected chi connectivity index (χ1v) is 12.8. The number of hydrogen-bond acceptors (Lipinski definition) is 6. The summed E-state index contributed by atoms with van der Waals surface area (Å²) < 4.78 is 12.3. The number of carbonyl (C=O) groups is 2. The highest BCUT2D eigenvalue weighted by Gasteiger charge is 2.31. The molecular weight excluding hydrogens is 464 g/mol. The van der Waals surface area contributed by atoms with E-state index in [4.69, 9.17) is 19.4 Å². The van der Waals surface area contributed by atoms with E-state index in [-0.39, 0.29) is 11.6 Å². The Morgan fingerprint density at radius 2 is 1.92 bits per heavy atom. The minimum Gasteiger partial charge on any atom is -0.493 e. The minimum atomic E-state index is -0.779. The van der Waals surface area contributed by atoms with Gasteiger partial charge in [-0.25, -0.2) is 4.98 Å². The van der Waals surface area contributed by atoms with Crippen molar-refractivity contribution in [1.82, 2.24) is 9.97 Å². The molecule has 0 aliphatic carbocycles. The van der Waals surface area contributed by atoms with Gasteiger partial charge in [-0.2, -0.15) is 0 Å². The largest absolute Gasteiger partial charge is 0.493 e. The van der Waals surface area contributed by atoms with Crippen molar-refractivity contribution in [3.63, 3.8) is 0 Å². The summed E-state index contributed by atoms with van der Waals surface area (Å²) in [5, 5.41) is 1.84. The summed E-state index contributed by atoms with van der Waals surface area (Å²) in [6.45, 7) is 11.8. The number of nitrogens with zero attached hydrogens (tertiary/aromatic N) is 2. The number of fused-ring (bicyclic) bond motifs is 1. The molecule has 1 aliphatic rings. The number of pyridine rings is 2. The van der Waals surface area contributed by atoms with Gasteiger partial charge in [-0.3, -0.25) is 14.6 Å². The predicted molar refractivity (Wildman–Crippen MR) is 145 cm³/mol. The highest BCUT2D eigenvalue weighted by molar-refractivity contribution is 6.09. The number of ketones is 2. The summed E-state index contributed by atoms with van der Waals surface area (Å²) in [6, 6.07) is 11.7. The molecule has 6 heteroatoms. The third kappa shape index (κ3) is 4.51. The second-order valence-corrected chi connectivity index (χ2v) is 10.6. The van der Waals surface area contributed by atoms with Crippen LogP contribution in [0.25, 0.3) is 32.9 Å². The average Bonchev–Trinajstić information content (AvgIpc) is 2.86. The standard InChI is InChI=1S/C31H32N2O4/c1-7-24(35)22-10-8-20-23(33-22)16-17(2)26(30(18(3)34)37-31(4,5)6)28(20)21-9-11-25-27-19(13-15-36-25)12-14-32-29(21)27/h8-12,14,16,30H,7,13,15H2,1-6H3/t30-/m1/s1. The summed E-state index contributed by atoms with van der Waals surface area (Å²) >= 11 is 0. The second-order valence-electron chi connectivity index (χ2n) is 10.6. The molecule has 2 aromatic carbocycles. The maximum absolute atomic E-state index is 13.1. The monoisotopic (exact) mass is 496 g/mol. The van der Waals surface area contributed by atoms with Crippen LogP contribution in [0.3, 0.4) is 0 Å². The Morgan fingerprint density at radius 3 is 2.62 bits per heavy atom. The van der Waals surface area contributed by atoms with Crippen molar-refractivity contribution in [1.29, 1.82) is 0 Å². The number of hydrogen-bond donors (Lipinski definition) is 0. The Balaban J connectivity index is 1.90. The van der Waals surface area contributed by atoms with E-state index in [1.807, 2.05) is 71.1 Å². The number of aromatic nitrogens is 2. The third-order valence-corrected chi connectivity index (χ3v) is 6.79. The first-order chi connectivity index (χ1) is 17.6. The van der Waals surface area contributed by atoms with Crippen LogP contribution in [0, 0.1) is 6.92 Å². The Kier molecular flexibility index (Phi) is 6.32. The molecule has 0 saturated heterocycles. The molecule has 0 fully saturated rings. The second kappa shape index (κ2) is 9.34. The molecule has 6 nitrogen and oxygen atoms in total. The van der Waals surface area contributed by atoms with Gasteiger partial charge in [0, 0.05) is 35.4 Å². The van der Waals surface area contributed by atoms with E-state index in [9.17, 15) is 9.59 Å². The number of carbonyl (C=O) groups excluding carboxylic acids is 2. The van der Waals surface area contributed by atoms with E-state index in [0.29, 0.717) is 24.2 Å². The van der Waals surface area contributed by atoms with E-state index in [1.54, 1.807) is 13.0 Å². The van der Waals surface area contributed by atoms with Crippen molar-refractivity contribution in [2.45, 2.75) is 66.1 Å². The molecule has 4 aromatic rings. The molecular formula is C31H32N2O4. The molecule has 0 saturated carbocycles. The van der Waals surface area contributed by atoms with Crippen molar-refractivity contribution >= 4 is 33.4 Å². The molecule has 37 heavy (non-hydrogen) atoms. The zero-order chi connectivity index (χ0) is 26.5. The fourth-order valence-electron chi connectivity index (χ4n) is 5.19. The van der Waals surface area contributed by atoms with Crippen LogP contribution in [-0.4, -0.2) is 33.7 Å². The Hall–Kier alpha value is -3.64. The van der Waals surface area contributed by atoms with Gasteiger partial charge in [-0.15, -0.1) is 0 Å².